The first-order valence-corrected chi connectivity index (χ1v) is 10.1. The molecule has 5 rings (SSSR count). The largest absolute Gasteiger partial charge is 0.497 e. The second-order valence-corrected chi connectivity index (χ2v) is 8.24. The van der Waals surface area contributed by atoms with Crippen molar-refractivity contribution in [2.75, 3.05) is 31.6 Å². The summed E-state index contributed by atoms with van der Waals surface area (Å²) in [5.41, 5.74) is 7.83. The fraction of sp³-hybridized carbons (Fsp3) is 0.435. The number of hydrogen-bond donors (Lipinski definition) is 1. The third kappa shape index (κ3) is 2.56. The predicted molar refractivity (Wildman–Crippen MR) is 110 cm³/mol. The SMILES string of the molecule is COc1ccc(-c2cc3c4c(c2)[C@@H]2CN(C(=O)O)CC[C@@H]2N4CCC3)c(C)c1. The number of carbonyl (C=O) groups is 1. The molecule has 5 heteroatoms. The predicted octanol–water partition coefficient (Wildman–Crippen LogP) is 4.27. The van der Waals surface area contributed by atoms with Gasteiger partial charge >= 0.3 is 6.09 Å². The van der Waals surface area contributed by atoms with Gasteiger partial charge in [0, 0.05) is 37.3 Å². The molecule has 0 bridgehead atoms. The van der Waals surface area contributed by atoms with Crippen LogP contribution >= 0.6 is 0 Å². The van der Waals surface area contributed by atoms with Crippen molar-refractivity contribution in [2.45, 2.75) is 38.1 Å². The van der Waals surface area contributed by atoms with E-state index in [4.69, 9.17) is 4.74 Å². The van der Waals surface area contributed by atoms with Gasteiger partial charge in [0.05, 0.1) is 7.11 Å². The molecule has 2 atom stereocenters. The minimum Gasteiger partial charge on any atom is -0.497 e. The Morgan fingerprint density at radius 3 is 2.82 bits per heavy atom. The lowest BCUT2D eigenvalue weighted by Crippen LogP contribution is -2.48. The first kappa shape index (κ1) is 17.4. The molecule has 0 unspecified atom stereocenters. The standard InChI is InChI=1S/C23H26N2O3/c1-14-10-17(28-2)5-6-18(14)16-11-15-4-3-8-25-21-7-9-24(23(26)27)13-20(21)19(12-16)22(15)25/h5-6,10-12,20-21H,3-4,7-9,13H2,1-2H3,(H,26,27)/t20-,21-/m0/s1. The molecular weight excluding hydrogens is 352 g/mol. The van der Waals surface area contributed by atoms with E-state index in [1.165, 1.54) is 39.9 Å². The van der Waals surface area contributed by atoms with E-state index in [0.717, 1.165) is 25.1 Å². The summed E-state index contributed by atoms with van der Waals surface area (Å²) in [5.74, 6) is 1.15. The van der Waals surface area contributed by atoms with Gasteiger partial charge in [-0.1, -0.05) is 6.07 Å². The lowest BCUT2D eigenvalue weighted by molar-refractivity contribution is 0.127. The normalized spacial score (nSPS) is 22.6. The van der Waals surface area contributed by atoms with Crippen LogP contribution in [0.4, 0.5) is 10.5 Å². The van der Waals surface area contributed by atoms with E-state index in [2.05, 4.69) is 36.1 Å². The zero-order chi connectivity index (χ0) is 19.4. The Labute approximate surface area is 165 Å². The summed E-state index contributed by atoms with van der Waals surface area (Å²) in [4.78, 5) is 15.7. The second kappa shape index (κ2) is 6.43. The van der Waals surface area contributed by atoms with Crippen LogP contribution in [-0.4, -0.2) is 48.9 Å². The van der Waals surface area contributed by atoms with Crippen molar-refractivity contribution < 1.29 is 14.6 Å². The summed E-state index contributed by atoms with van der Waals surface area (Å²) < 4.78 is 5.37. The zero-order valence-corrected chi connectivity index (χ0v) is 16.4. The van der Waals surface area contributed by atoms with Crippen LogP contribution in [0.25, 0.3) is 11.1 Å². The van der Waals surface area contributed by atoms with Gasteiger partial charge in [0.25, 0.3) is 0 Å². The first-order chi connectivity index (χ1) is 13.6. The Morgan fingerprint density at radius 2 is 2.07 bits per heavy atom. The Kier molecular flexibility index (Phi) is 4.00. The molecular formula is C23H26N2O3. The van der Waals surface area contributed by atoms with Crippen LogP contribution in [0.5, 0.6) is 5.75 Å². The first-order valence-electron chi connectivity index (χ1n) is 10.1. The van der Waals surface area contributed by atoms with Crippen LogP contribution in [0, 0.1) is 6.92 Å². The monoisotopic (exact) mass is 378 g/mol. The number of aryl methyl sites for hydroxylation is 2. The molecule has 0 aliphatic carbocycles. The molecule has 5 nitrogen and oxygen atoms in total. The highest BCUT2D eigenvalue weighted by Gasteiger charge is 2.44. The zero-order valence-electron chi connectivity index (χ0n) is 16.4. The number of amides is 1. The minimum absolute atomic E-state index is 0.273. The Hall–Kier alpha value is -2.69. The summed E-state index contributed by atoms with van der Waals surface area (Å²) in [6.45, 7) is 4.46. The van der Waals surface area contributed by atoms with Crippen LogP contribution < -0.4 is 9.64 Å². The van der Waals surface area contributed by atoms with E-state index in [1.807, 2.05) is 6.07 Å². The van der Waals surface area contributed by atoms with Gasteiger partial charge in [0.15, 0.2) is 0 Å². The minimum atomic E-state index is -0.796. The smallest absolute Gasteiger partial charge is 0.407 e. The molecule has 3 aliphatic rings. The topological polar surface area (TPSA) is 53.0 Å². The fourth-order valence-electron chi connectivity index (χ4n) is 5.46. The maximum absolute atomic E-state index is 11.6. The molecule has 3 aliphatic heterocycles. The lowest BCUT2D eigenvalue weighted by Gasteiger charge is -2.39. The lowest BCUT2D eigenvalue weighted by atomic mass is 9.86. The third-order valence-corrected chi connectivity index (χ3v) is 6.74. The number of methoxy groups -OCH3 is 1. The summed E-state index contributed by atoms with van der Waals surface area (Å²) in [6.07, 6.45) is 2.39. The number of carboxylic acid groups (broad SMARTS) is 1. The van der Waals surface area contributed by atoms with Crippen molar-refractivity contribution in [3.63, 3.8) is 0 Å². The Balaban J connectivity index is 1.61. The van der Waals surface area contributed by atoms with Crippen molar-refractivity contribution >= 4 is 11.8 Å². The molecule has 2 aromatic rings. The van der Waals surface area contributed by atoms with Crippen LogP contribution in [-0.2, 0) is 6.42 Å². The maximum Gasteiger partial charge on any atom is 0.407 e. The van der Waals surface area contributed by atoms with Crippen molar-refractivity contribution in [1.29, 1.82) is 0 Å². The average Bonchev–Trinajstić information content (AvgIpc) is 3.02. The fourth-order valence-corrected chi connectivity index (χ4v) is 5.46. The number of hydrogen-bond acceptors (Lipinski definition) is 3. The number of anilines is 1. The van der Waals surface area contributed by atoms with Gasteiger partial charge in [-0.2, -0.15) is 0 Å². The van der Waals surface area contributed by atoms with Crippen LogP contribution in [0.3, 0.4) is 0 Å². The van der Waals surface area contributed by atoms with E-state index in [9.17, 15) is 9.90 Å². The highest BCUT2D eigenvalue weighted by molar-refractivity contribution is 5.78. The number of ether oxygens (including phenoxy) is 1. The molecule has 0 aromatic heterocycles. The molecule has 1 N–H and O–H groups in total. The van der Waals surface area contributed by atoms with Crippen molar-refractivity contribution in [3.8, 4) is 16.9 Å². The van der Waals surface area contributed by atoms with Gasteiger partial charge in [0.2, 0.25) is 0 Å². The summed E-state index contributed by atoms with van der Waals surface area (Å²) in [7, 11) is 1.69. The molecule has 0 spiro atoms. The van der Waals surface area contributed by atoms with Gasteiger partial charge in [-0.15, -0.1) is 0 Å². The number of piperidine rings is 1. The van der Waals surface area contributed by atoms with E-state index >= 15 is 0 Å². The molecule has 0 radical (unpaired) electrons. The van der Waals surface area contributed by atoms with Gasteiger partial charge in [-0.05, 0) is 78.3 Å². The van der Waals surface area contributed by atoms with Gasteiger partial charge in [-0.3, -0.25) is 0 Å². The van der Waals surface area contributed by atoms with Gasteiger partial charge in [0.1, 0.15) is 5.75 Å². The van der Waals surface area contributed by atoms with Crippen molar-refractivity contribution in [3.05, 3.63) is 47.0 Å². The van der Waals surface area contributed by atoms with Crippen LogP contribution in [0.1, 0.15) is 35.4 Å². The Morgan fingerprint density at radius 1 is 1.21 bits per heavy atom. The van der Waals surface area contributed by atoms with Gasteiger partial charge in [-0.25, -0.2) is 4.79 Å². The molecule has 3 heterocycles. The third-order valence-electron chi connectivity index (χ3n) is 6.74. The summed E-state index contributed by atoms with van der Waals surface area (Å²) >= 11 is 0. The van der Waals surface area contributed by atoms with E-state index in [-0.39, 0.29) is 5.92 Å². The quantitative estimate of drug-likeness (QED) is 0.848. The number of nitrogens with zero attached hydrogens (tertiary/aromatic N) is 2. The maximum atomic E-state index is 11.6. The molecule has 1 fully saturated rings. The second-order valence-electron chi connectivity index (χ2n) is 8.24. The van der Waals surface area contributed by atoms with Gasteiger partial charge < -0.3 is 19.6 Å². The Bertz CT molecular complexity index is 955. The molecule has 1 amide bonds. The average molecular weight is 378 g/mol. The number of fused-ring (bicyclic) bond motifs is 3. The number of rotatable bonds is 2. The molecule has 2 aromatic carbocycles. The highest BCUT2D eigenvalue weighted by Crippen LogP contribution is 2.50. The van der Waals surface area contributed by atoms with E-state index in [0.29, 0.717) is 19.1 Å². The number of benzene rings is 2. The molecule has 146 valence electrons. The molecule has 28 heavy (non-hydrogen) atoms. The highest BCUT2D eigenvalue weighted by atomic mass is 16.5. The van der Waals surface area contributed by atoms with Crippen molar-refractivity contribution in [1.82, 2.24) is 4.90 Å². The van der Waals surface area contributed by atoms with E-state index < -0.39 is 6.09 Å². The van der Waals surface area contributed by atoms with Crippen LogP contribution in [0.15, 0.2) is 30.3 Å². The molecule has 0 saturated carbocycles. The summed E-state index contributed by atoms with van der Waals surface area (Å²) in [5, 5.41) is 9.52. The summed E-state index contributed by atoms with van der Waals surface area (Å²) in [6, 6.07) is 11.4. The molecule has 1 saturated heterocycles. The number of likely N-dealkylation sites (tertiary alicyclic amines) is 1. The van der Waals surface area contributed by atoms with Crippen molar-refractivity contribution in [2.24, 2.45) is 0 Å². The van der Waals surface area contributed by atoms with Crippen LogP contribution in [0.2, 0.25) is 0 Å². The van der Waals surface area contributed by atoms with E-state index in [1.54, 1.807) is 12.0 Å².